The van der Waals surface area contributed by atoms with Crippen molar-refractivity contribution in [3.8, 4) is 0 Å². The van der Waals surface area contributed by atoms with E-state index in [0.717, 1.165) is 17.5 Å². The average Bonchev–Trinajstić information content (AvgIpc) is 2.78. The van der Waals surface area contributed by atoms with Gasteiger partial charge in [-0.25, -0.2) is 0 Å². The number of amides is 2. The molecule has 0 radical (unpaired) electrons. The van der Waals surface area contributed by atoms with Crippen LogP contribution in [0.25, 0.3) is 6.08 Å². The fraction of sp³-hybridized carbons (Fsp3) is 0.120. The van der Waals surface area contributed by atoms with Crippen LogP contribution in [0.3, 0.4) is 0 Å². The van der Waals surface area contributed by atoms with Gasteiger partial charge in [-0.15, -0.1) is 0 Å². The number of nitrogens with zero attached hydrogens (tertiary/aromatic N) is 1. The zero-order valence-electron chi connectivity index (χ0n) is 16.7. The first-order valence-corrected chi connectivity index (χ1v) is 10.1. The smallest absolute Gasteiger partial charge is 0.253 e. The van der Waals surface area contributed by atoms with Gasteiger partial charge in [-0.1, -0.05) is 72.3 Å². The van der Waals surface area contributed by atoms with Gasteiger partial charge in [-0.05, 0) is 41.8 Å². The first-order chi connectivity index (χ1) is 14.6. The van der Waals surface area contributed by atoms with Crippen LogP contribution in [0.15, 0.2) is 84.9 Å². The molecule has 0 heterocycles. The Balaban J connectivity index is 1.68. The van der Waals surface area contributed by atoms with Crippen LogP contribution in [0.5, 0.6) is 0 Å². The van der Waals surface area contributed by atoms with E-state index in [2.05, 4.69) is 5.32 Å². The molecule has 30 heavy (non-hydrogen) atoms. The molecule has 0 aliphatic rings. The zero-order chi connectivity index (χ0) is 21.3. The van der Waals surface area contributed by atoms with Crippen molar-refractivity contribution in [2.24, 2.45) is 0 Å². The van der Waals surface area contributed by atoms with Crippen molar-refractivity contribution >= 4 is 35.2 Å². The lowest BCUT2D eigenvalue weighted by Gasteiger charge is -2.19. The summed E-state index contributed by atoms with van der Waals surface area (Å²) < 4.78 is 0. The van der Waals surface area contributed by atoms with Gasteiger partial charge in [0, 0.05) is 24.7 Å². The first-order valence-electron chi connectivity index (χ1n) is 9.67. The molecule has 0 bridgehead atoms. The van der Waals surface area contributed by atoms with Gasteiger partial charge < -0.3 is 10.2 Å². The maximum Gasteiger partial charge on any atom is 0.253 e. The summed E-state index contributed by atoms with van der Waals surface area (Å²) in [6.45, 7) is 0.515. The van der Waals surface area contributed by atoms with Crippen LogP contribution in [-0.4, -0.2) is 25.4 Å². The van der Waals surface area contributed by atoms with E-state index in [1.165, 1.54) is 11.0 Å². The van der Waals surface area contributed by atoms with Gasteiger partial charge in [0.05, 0.1) is 11.3 Å². The molecule has 0 spiro atoms. The Labute approximate surface area is 181 Å². The van der Waals surface area contributed by atoms with Gasteiger partial charge in [0.2, 0.25) is 0 Å². The van der Waals surface area contributed by atoms with Crippen LogP contribution < -0.4 is 10.2 Å². The largest absolute Gasteiger partial charge is 0.352 e. The third-order valence-electron chi connectivity index (χ3n) is 4.69. The van der Waals surface area contributed by atoms with Gasteiger partial charge >= 0.3 is 0 Å². The summed E-state index contributed by atoms with van der Waals surface area (Å²) in [6, 6.07) is 24.3. The molecule has 1 N–H and O–H groups in total. The number of hydrogen-bond acceptors (Lipinski definition) is 2. The summed E-state index contributed by atoms with van der Waals surface area (Å²) in [5.41, 5.74) is 2.91. The highest BCUT2D eigenvalue weighted by Crippen LogP contribution is 2.21. The van der Waals surface area contributed by atoms with Gasteiger partial charge in [-0.2, -0.15) is 0 Å². The Hall–Kier alpha value is -3.37. The number of carbonyl (C=O) groups is 2. The predicted octanol–water partition coefficient (Wildman–Crippen LogP) is 4.99. The van der Waals surface area contributed by atoms with E-state index < -0.39 is 0 Å². The molecular formula is C25H23ClN2O2. The minimum atomic E-state index is -0.251. The summed E-state index contributed by atoms with van der Waals surface area (Å²) >= 11 is 6.13. The average molecular weight is 419 g/mol. The Morgan fingerprint density at radius 2 is 1.60 bits per heavy atom. The standard InChI is InChI=1S/C25H23ClN2O2/c1-28(24(29)16-15-20-11-5-7-13-22(20)26)23-14-8-6-12-21(23)25(30)27-18-17-19-9-3-2-4-10-19/h2-16H,17-18H2,1H3,(H,27,30). The minimum Gasteiger partial charge on any atom is -0.352 e. The summed E-state index contributed by atoms with van der Waals surface area (Å²) in [5.74, 6) is -0.462. The number of anilines is 1. The maximum atomic E-state index is 12.7. The fourth-order valence-corrected chi connectivity index (χ4v) is 3.22. The lowest BCUT2D eigenvalue weighted by atomic mass is 10.1. The Morgan fingerprint density at radius 1 is 0.933 bits per heavy atom. The third-order valence-corrected chi connectivity index (χ3v) is 5.04. The second kappa shape index (κ2) is 10.4. The molecule has 3 rings (SSSR count). The molecule has 0 aliphatic carbocycles. The van der Waals surface area contributed by atoms with E-state index in [1.54, 1.807) is 43.5 Å². The van der Waals surface area contributed by atoms with Crippen molar-refractivity contribution in [2.45, 2.75) is 6.42 Å². The molecule has 5 heteroatoms. The van der Waals surface area contributed by atoms with Crippen LogP contribution in [0.4, 0.5) is 5.69 Å². The summed E-state index contributed by atoms with van der Waals surface area (Å²) in [6.07, 6.45) is 3.86. The number of para-hydroxylation sites is 1. The molecule has 3 aromatic carbocycles. The van der Waals surface area contributed by atoms with Gasteiger partial charge in [0.15, 0.2) is 0 Å². The SMILES string of the molecule is CN(C(=O)C=Cc1ccccc1Cl)c1ccccc1C(=O)NCCc1ccccc1. The number of benzene rings is 3. The van der Waals surface area contributed by atoms with Crippen LogP contribution in [-0.2, 0) is 11.2 Å². The third kappa shape index (κ3) is 5.58. The molecule has 0 unspecified atom stereocenters. The molecule has 152 valence electrons. The van der Waals surface area contributed by atoms with Gasteiger partial charge in [-0.3, -0.25) is 9.59 Å². The Kier molecular flexibility index (Phi) is 7.41. The van der Waals surface area contributed by atoms with Crippen molar-refractivity contribution < 1.29 is 9.59 Å². The van der Waals surface area contributed by atoms with Crippen LogP contribution >= 0.6 is 11.6 Å². The molecular weight excluding hydrogens is 396 g/mol. The monoisotopic (exact) mass is 418 g/mol. The number of halogens is 1. The molecule has 0 aliphatic heterocycles. The van der Waals surface area contributed by atoms with Gasteiger partial charge in [0.25, 0.3) is 11.8 Å². The first kappa shape index (κ1) is 21.3. The normalized spacial score (nSPS) is 10.7. The summed E-state index contributed by atoms with van der Waals surface area (Å²) in [7, 11) is 1.65. The fourth-order valence-electron chi connectivity index (χ4n) is 3.02. The van der Waals surface area contributed by atoms with E-state index in [1.807, 2.05) is 48.5 Å². The summed E-state index contributed by atoms with van der Waals surface area (Å²) in [4.78, 5) is 26.8. The molecule has 3 aromatic rings. The van der Waals surface area contributed by atoms with Crippen molar-refractivity contribution in [3.05, 3.63) is 107 Å². The predicted molar refractivity (Wildman–Crippen MR) is 123 cm³/mol. The van der Waals surface area contributed by atoms with E-state index in [4.69, 9.17) is 11.6 Å². The number of nitrogens with one attached hydrogen (secondary N) is 1. The number of rotatable bonds is 7. The Morgan fingerprint density at radius 3 is 2.37 bits per heavy atom. The second-order valence-corrected chi connectivity index (χ2v) is 7.17. The quantitative estimate of drug-likeness (QED) is 0.549. The van der Waals surface area contributed by atoms with Crippen LogP contribution in [0, 0.1) is 0 Å². The summed E-state index contributed by atoms with van der Waals surface area (Å²) in [5, 5.41) is 3.51. The van der Waals surface area contributed by atoms with E-state index in [0.29, 0.717) is 22.8 Å². The lowest BCUT2D eigenvalue weighted by molar-refractivity contribution is -0.113. The molecule has 0 atom stereocenters. The van der Waals surface area contributed by atoms with E-state index in [-0.39, 0.29) is 11.8 Å². The van der Waals surface area contributed by atoms with Crippen LogP contribution in [0.2, 0.25) is 5.02 Å². The molecule has 4 nitrogen and oxygen atoms in total. The minimum absolute atomic E-state index is 0.212. The van der Waals surface area contributed by atoms with Crippen molar-refractivity contribution in [1.29, 1.82) is 0 Å². The highest BCUT2D eigenvalue weighted by molar-refractivity contribution is 6.32. The van der Waals surface area contributed by atoms with E-state index in [9.17, 15) is 9.59 Å². The Bertz CT molecular complexity index is 1050. The molecule has 2 amide bonds. The van der Waals surface area contributed by atoms with Crippen LogP contribution in [0.1, 0.15) is 21.5 Å². The van der Waals surface area contributed by atoms with Crippen molar-refractivity contribution in [1.82, 2.24) is 5.32 Å². The zero-order valence-corrected chi connectivity index (χ0v) is 17.5. The lowest BCUT2D eigenvalue weighted by Crippen LogP contribution is -2.30. The second-order valence-electron chi connectivity index (χ2n) is 6.76. The van der Waals surface area contributed by atoms with Crippen molar-refractivity contribution in [3.63, 3.8) is 0 Å². The molecule has 0 fully saturated rings. The number of likely N-dealkylation sites (N-methyl/N-ethyl adjacent to an activating group) is 1. The van der Waals surface area contributed by atoms with E-state index >= 15 is 0 Å². The molecule has 0 aromatic heterocycles. The highest BCUT2D eigenvalue weighted by Gasteiger charge is 2.16. The number of hydrogen-bond donors (Lipinski definition) is 1. The highest BCUT2D eigenvalue weighted by atomic mass is 35.5. The molecule has 0 saturated heterocycles. The topological polar surface area (TPSA) is 49.4 Å². The molecule has 0 saturated carbocycles. The number of carbonyl (C=O) groups excluding carboxylic acids is 2. The maximum absolute atomic E-state index is 12.7. The van der Waals surface area contributed by atoms with Gasteiger partial charge in [0.1, 0.15) is 0 Å². The van der Waals surface area contributed by atoms with Crippen molar-refractivity contribution in [2.75, 3.05) is 18.5 Å².